The number of carbonyl (C=O) groups is 1. The first-order chi connectivity index (χ1) is 14.9. The third-order valence-corrected chi connectivity index (χ3v) is 6.53. The van der Waals surface area contributed by atoms with Gasteiger partial charge in [-0.25, -0.2) is 0 Å². The van der Waals surface area contributed by atoms with Gasteiger partial charge >= 0.3 is 0 Å². The number of benzene rings is 4. The highest BCUT2D eigenvalue weighted by Crippen LogP contribution is 2.51. The van der Waals surface area contributed by atoms with Gasteiger partial charge in [0.15, 0.2) is 5.78 Å². The van der Waals surface area contributed by atoms with E-state index >= 15 is 0 Å². The van der Waals surface area contributed by atoms with E-state index in [-0.39, 0.29) is 5.78 Å². The predicted octanol–water partition coefficient (Wildman–Crippen LogP) is 5.50. The van der Waals surface area contributed by atoms with Crippen molar-refractivity contribution in [3.63, 3.8) is 0 Å². The molecule has 0 saturated heterocycles. The van der Waals surface area contributed by atoms with Gasteiger partial charge in [-0.05, 0) is 51.7 Å². The molecule has 1 aliphatic carbocycles. The summed E-state index contributed by atoms with van der Waals surface area (Å²) in [5, 5.41) is 2.18. The number of anilines is 2. The molecule has 0 fully saturated rings. The summed E-state index contributed by atoms with van der Waals surface area (Å²) in [5.41, 5.74) is 5.26. The molecule has 4 aromatic carbocycles. The molecule has 0 aliphatic heterocycles. The molecule has 5 rings (SSSR count). The van der Waals surface area contributed by atoms with Crippen LogP contribution in [0.5, 0.6) is 0 Å². The van der Waals surface area contributed by atoms with Crippen LogP contribution in [0.15, 0.2) is 84.9 Å². The second kappa shape index (κ2) is 6.98. The molecule has 0 saturated carbocycles. The van der Waals surface area contributed by atoms with Crippen molar-refractivity contribution in [1.82, 2.24) is 0 Å². The third-order valence-electron chi connectivity index (χ3n) is 6.53. The molecular weight excluding hydrogens is 380 g/mol. The van der Waals surface area contributed by atoms with Crippen LogP contribution in [0.25, 0.3) is 10.8 Å². The van der Waals surface area contributed by atoms with E-state index in [1.165, 1.54) is 0 Å². The average Bonchev–Trinajstić information content (AvgIpc) is 3.05. The number of carbonyl (C=O) groups excluding carboxylic acids is 1. The number of Topliss-reactive ketones (excluding diaryl/α,β-unsaturated/α-hetero) is 1. The van der Waals surface area contributed by atoms with Crippen LogP contribution < -0.4 is 9.80 Å². The largest absolute Gasteiger partial charge is 0.378 e. The Balaban J connectivity index is 1.83. The Morgan fingerprint density at radius 2 is 1.10 bits per heavy atom. The molecule has 0 heterocycles. The summed E-state index contributed by atoms with van der Waals surface area (Å²) in [7, 11) is 8.12. The van der Waals surface area contributed by atoms with Crippen LogP contribution in [0.1, 0.15) is 27.0 Å². The summed E-state index contributed by atoms with van der Waals surface area (Å²) >= 11 is 0. The van der Waals surface area contributed by atoms with Gasteiger partial charge in [0.05, 0.1) is 0 Å². The van der Waals surface area contributed by atoms with E-state index in [1.807, 2.05) is 40.3 Å². The van der Waals surface area contributed by atoms with Gasteiger partial charge < -0.3 is 9.80 Å². The molecule has 3 heteroatoms. The molecule has 1 aliphatic rings. The Bertz CT molecular complexity index is 1230. The first kappa shape index (κ1) is 19.4. The Labute approximate surface area is 183 Å². The van der Waals surface area contributed by atoms with Crippen LogP contribution in [0.3, 0.4) is 0 Å². The summed E-state index contributed by atoms with van der Waals surface area (Å²) in [4.78, 5) is 18.4. The van der Waals surface area contributed by atoms with E-state index < -0.39 is 5.41 Å². The van der Waals surface area contributed by atoms with Crippen molar-refractivity contribution in [3.05, 3.63) is 107 Å². The lowest BCUT2D eigenvalue weighted by Crippen LogP contribution is -2.35. The van der Waals surface area contributed by atoms with E-state index in [0.29, 0.717) is 0 Å². The van der Waals surface area contributed by atoms with Gasteiger partial charge in [0, 0.05) is 45.1 Å². The Kier molecular flexibility index (Phi) is 4.37. The molecule has 31 heavy (non-hydrogen) atoms. The second-order valence-corrected chi connectivity index (χ2v) is 8.67. The van der Waals surface area contributed by atoms with E-state index in [2.05, 4.69) is 82.6 Å². The summed E-state index contributed by atoms with van der Waals surface area (Å²) < 4.78 is 0. The van der Waals surface area contributed by atoms with Crippen molar-refractivity contribution in [2.45, 2.75) is 5.41 Å². The van der Waals surface area contributed by atoms with Gasteiger partial charge in [-0.1, -0.05) is 60.7 Å². The van der Waals surface area contributed by atoms with Crippen LogP contribution in [0.2, 0.25) is 0 Å². The Morgan fingerprint density at radius 3 is 1.58 bits per heavy atom. The number of nitrogens with zero attached hydrogens (tertiary/aromatic N) is 2. The Hall–Kier alpha value is -3.59. The topological polar surface area (TPSA) is 23.6 Å². The van der Waals surface area contributed by atoms with Gasteiger partial charge in [0.1, 0.15) is 5.41 Å². The van der Waals surface area contributed by atoms with Crippen molar-refractivity contribution >= 4 is 27.9 Å². The van der Waals surface area contributed by atoms with Crippen molar-refractivity contribution in [3.8, 4) is 0 Å². The van der Waals surface area contributed by atoms with Crippen LogP contribution in [-0.2, 0) is 5.41 Å². The monoisotopic (exact) mass is 406 g/mol. The average molecular weight is 407 g/mol. The molecule has 0 bridgehead atoms. The van der Waals surface area contributed by atoms with Crippen molar-refractivity contribution < 1.29 is 4.79 Å². The molecule has 0 spiro atoms. The minimum atomic E-state index is -0.848. The highest BCUT2D eigenvalue weighted by molar-refractivity contribution is 6.23. The lowest BCUT2D eigenvalue weighted by Gasteiger charge is -2.31. The zero-order chi connectivity index (χ0) is 21.8. The number of rotatable bonds is 4. The van der Waals surface area contributed by atoms with Crippen LogP contribution in [-0.4, -0.2) is 34.0 Å². The molecule has 0 aromatic heterocycles. The lowest BCUT2D eigenvalue weighted by molar-refractivity contribution is 0.0945. The van der Waals surface area contributed by atoms with Gasteiger partial charge in [0.2, 0.25) is 0 Å². The predicted molar refractivity (Wildman–Crippen MR) is 130 cm³/mol. The zero-order valence-electron chi connectivity index (χ0n) is 18.4. The fourth-order valence-corrected chi connectivity index (χ4v) is 4.93. The van der Waals surface area contributed by atoms with E-state index in [4.69, 9.17) is 0 Å². The molecule has 0 N–H and O–H groups in total. The standard InChI is InChI=1S/C28H26N2O/c1-29(2)22-15-11-20(12-16-22)28(21-13-17-23(18-14-21)30(3)4)25-10-6-8-19-7-5-9-24(26(19)25)27(28)31/h5-18H,1-4H3. The maximum absolute atomic E-state index is 14.2. The maximum atomic E-state index is 14.2. The molecule has 0 amide bonds. The fraction of sp³-hybridized carbons (Fsp3) is 0.179. The van der Waals surface area contributed by atoms with Crippen molar-refractivity contribution in [2.24, 2.45) is 0 Å². The van der Waals surface area contributed by atoms with Gasteiger partial charge in [-0.15, -0.1) is 0 Å². The summed E-state index contributed by atoms with van der Waals surface area (Å²) in [6.45, 7) is 0. The first-order valence-electron chi connectivity index (χ1n) is 10.6. The van der Waals surface area contributed by atoms with Gasteiger partial charge in [-0.2, -0.15) is 0 Å². The molecule has 0 unspecified atom stereocenters. The lowest BCUT2D eigenvalue weighted by atomic mass is 9.69. The zero-order valence-corrected chi connectivity index (χ0v) is 18.4. The van der Waals surface area contributed by atoms with Gasteiger partial charge in [-0.3, -0.25) is 4.79 Å². The number of ketones is 1. The SMILES string of the molecule is CN(C)c1ccc(C2(c3ccc(N(C)C)cc3)C(=O)c3cccc4cccc2c34)cc1. The minimum absolute atomic E-state index is 0.148. The van der Waals surface area contributed by atoms with Gasteiger partial charge in [0.25, 0.3) is 0 Å². The molecule has 0 radical (unpaired) electrons. The normalized spacial score (nSPS) is 14.1. The fourth-order valence-electron chi connectivity index (χ4n) is 4.93. The van der Waals surface area contributed by atoms with E-state index in [0.717, 1.165) is 44.4 Å². The van der Waals surface area contributed by atoms with Crippen molar-refractivity contribution in [2.75, 3.05) is 38.0 Å². The summed E-state index contributed by atoms with van der Waals surface area (Å²) in [6.07, 6.45) is 0. The first-order valence-corrected chi connectivity index (χ1v) is 10.6. The smallest absolute Gasteiger partial charge is 0.182 e. The summed E-state index contributed by atoms with van der Waals surface area (Å²) in [5.74, 6) is 0.148. The third kappa shape index (κ3) is 2.70. The number of hydrogen-bond acceptors (Lipinski definition) is 3. The molecular formula is C28H26N2O. The van der Waals surface area contributed by atoms with Crippen LogP contribution in [0.4, 0.5) is 11.4 Å². The van der Waals surface area contributed by atoms with Crippen molar-refractivity contribution in [1.29, 1.82) is 0 Å². The molecule has 4 aromatic rings. The van der Waals surface area contributed by atoms with E-state index in [9.17, 15) is 4.79 Å². The minimum Gasteiger partial charge on any atom is -0.378 e. The highest BCUT2D eigenvalue weighted by Gasteiger charge is 2.50. The highest BCUT2D eigenvalue weighted by atomic mass is 16.1. The number of hydrogen-bond donors (Lipinski definition) is 0. The van der Waals surface area contributed by atoms with Crippen LogP contribution in [0, 0.1) is 0 Å². The quantitative estimate of drug-likeness (QED) is 0.447. The molecule has 0 atom stereocenters. The van der Waals surface area contributed by atoms with Crippen LogP contribution >= 0.6 is 0 Å². The summed E-state index contributed by atoms with van der Waals surface area (Å²) in [6, 6.07) is 29.2. The second-order valence-electron chi connectivity index (χ2n) is 8.67. The maximum Gasteiger partial charge on any atom is 0.182 e. The van der Waals surface area contributed by atoms with E-state index in [1.54, 1.807) is 0 Å². The molecule has 154 valence electrons. The molecule has 3 nitrogen and oxygen atoms in total. The Morgan fingerprint density at radius 1 is 0.613 bits per heavy atom.